The van der Waals surface area contributed by atoms with Crippen molar-refractivity contribution in [2.24, 2.45) is 0 Å². The van der Waals surface area contributed by atoms with Crippen molar-refractivity contribution in [2.75, 3.05) is 11.0 Å². The second kappa shape index (κ2) is 5.51. The van der Waals surface area contributed by atoms with Crippen LogP contribution in [0.5, 0.6) is 0 Å². The van der Waals surface area contributed by atoms with Crippen LogP contribution in [-0.4, -0.2) is 19.4 Å². The fourth-order valence-electron chi connectivity index (χ4n) is 0.604. The maximum Gasteiger partial charge on any atom is 0.192 e. The number of halogens is 1. The summed E-state index contributed by atoms with van der Waals surface area (Å²) in [6.45, 7) is 12.1. The van der Waals surface area contributed by atoms with E-state index in [9.17, 15) is 0 Å². The van der Waals surface area contributed by atoms with Crippen LogP contribution in [0, 0.1) is 0 Å². The van der Waals surface area contributed by atoms with Crippen LogP contribution in [0.2, 0.25) is 18.1 Å². The molecule has 0 aliphatic carbocycles. The summed E-state index contributed by atoms with van der Waals surface area (Å²) in [4.78, 5) is 0. The lowest BCUT2D eigenvalue weighted by atomic mass is 10.2. The van der Waals surface area contributed by atoms with E-state index in [1.165, 1.54) is 0 Å². The Kier molecular flexibility index (Phi) is 5.78. The summed E-state index contributed by atoms with van der Waals surface area (Å²) in [6.07, 6.45) is 4.26. The predicted molar refractivity (Wildman–Crippen MR) is 71.2 cm³/mol. The Labute approximate surface area is 97.2 Å². The molecule has 1 nitrogen and oxygen atoms in total. The van der Waals surface area contributed by atoms with Crippen LogP contribution in [0.25, 0.3) is 0 Å². The molecule has 13 heavy (non-hydrogen) atoms. The van der Waals surface area contributed by atoms with Gasteiger partial charge in [-0.3, -0.25) is 0 Å². The topological polar surface area (TPSA) is 9.23 Å². The second-order valence-corrected chi connectivity index (χ2v) is 10.4. The van der Waals surface area contributed by atoms with Gasteiger partial charge in [0.2, 0.25) is 0 Å². The van der Waals surface area contributed by atoms with Gasteiger partial charge in [-0.2, -0.15) is 0 Å². The van der Waals surface area contributed by atoms with E-state index in [1.807, 2.05) is 0 Å². The summed E-state index contributed by atoms with van der Waals surface area (Å²) in [7, 11) is -1.51. The molecule has 0 fully saturated rings. The van der Waals surface area contributed by atoms with Gasteiger partial charge in [0.25, 0.3) is 0 Å². The maximum absolute atomic E-state index is 5.94. The Morgan fingerprint density at radius 3 is 2.15 bits per heavy atom. The molecule has 0 bridgehead atoms. The van der Waals surface area contributed by atoms with Gasteiger partial charge in [0.15, 0.2) is 8.32 Å². The molecule has 0 aromatic carbocycles. The van der Waals surface area contributed by atoms with Crippen LogP contribution in [-0.2, 0) is 4.43 Å². The summed E-state index contributed by atoms with van der Waals surface area (Å²) >= 11 is 2.33. The van der Waals surface area contributed by atoms with Crippen LogP contribution in [0.4, 0.5) is 0 Å². The van der Waals surface area contributed by atoms with E-state index < -0.39 is 8.32 Å². The molecular formula is C10H21IOSi. The normalized spacial score (nSPS) is 14.0. The van der Waals surface area contributed by atoms with Crippen molar-refractivity contribution in [3.8, 4) is 0 Å². The minimum Gasteiger partial charge on any atom is -0.413 e. The molecule has 0 saturated heterocycles. The molecule has 0 N–H and O–H groups in total. The Morgan fingerprint density at radius 1 is 1.23 bits per heavy atom. The van der Waals surface area contributed by atoms with E-state index in [0.717, 1.165) is 11.0 Å². The summed E-state index contributed by atoms with van der Waals surface area (Å²) in [5, 5.41) is 0.325. The molecule has 3 heteroatoms. The van der Waals surface area contributed by atoms with Gasteiger partial charge in [0, 0.05) is 4.43 Å². The lowest BCUT2D eigenvalue weighted by Gasteiger charge is -2.35. The van der Waals surface area contributed by atoms with Gasteiger partial charge < -0.3 is 4.43 Å². The molecule has 0 amide bonds. The van der Waals surface area contributed by atoms with E-state index in [1.54, 1.807) is 0 Å². The van der Waals surface area contributed by atoms with E-state index in [2.05, 4.69) is 68.6 Å². The first kappa shape index (κ1) is 13.6. The number of rotatable bonds is 4. The predicted octanol–water partition coefficient (Wildman–Crippen LogP) is 4.00. The van der Waals surface area contributed by atoms with Gasteiger partial charge in [-0.15, -0.1) is 0 Å². The molecule has 0 spiro atoms. The fraction of sp³-hybridized carbons (Fsp3) is 0.800. The van der Waals surface area contributed by atoms with E-state index in [4.69, 9.17) is 4.43 Å². The molecule has 0 radical (unpaired) electrons. The minimum absolute atomic E-state index is 0.325. The zero-order valence-electron chi connectivity index (χ0n) is 9.36. The van der Waals surface area contributed by atoms with Crippen molar-refractivity contribution in [2.45, 2.75) is 38.9 Å². The van der Waals surface area contributed by atoms with Gasteiger partial charge >= 0.3 is 0 Å². The highest BCUT2D eigenvalue weighted by molar-refractivity contribution is 14.1. The smallest absolute Gasteiger partial charge is 0.192 e. The lowest BCUT2D eigenvalue weighted by molar-refractivity contribution is 0.328. The third-order valence-corrected chi connectivity index (χ3v) is 7.61. The van der Waals surface area contributed by atoms with Crippen molar-refractivity contribution in [3.05, 3.63) is 12.2 Å². The Morgan fingerprint density at radius 2 is 1.77 bits per heavy atom. The Hall–Kier alpha value is 0.647. The Bertz CT molecular complexity index is 170. The van der Waals surface area contributed by atoms with Crippen molar-refractivity contribution >= 4 is 30.9 Å². The zero-order chi connectivity index (χ0) is 10.5. The third kappa shape index (κ3) is 5.17. The first-order valence-electron chi connectivity index (χ1n) is 4.66. The number of hydrogen-bond donors (Lipinski definition) is 0. The third-order valence-electron chi connectivity index (χ3n) is 2.60. The van der Waals surface area contributed by atoms with E-state index in [0.29, 0.717) is 5.04 Å². The van der Waals surface area contributed by atoms with E-state index >= 15 is 0 Å². The van der Waals surface area contributed by atoms with Crippen LogP contribution >= 0.6 is 22.6 Å². The van der Waals surface area contributed by atoms with Crippen molar-refractivity contribution < 1.29 is 4.43 Å². The standard InChI is InChI=1S/C10H21IOSi/c1-10(2,3)13(4,5)12-9-7-6-8-11/h6-7H,8-9H2,1-5H3. The summed E-state index contributed by atoms with van der Waals surface area (Å²) in [6, 6.07) is 0. The van der Waals surface area contributed by atoms with Crippen LogP contribution < -0.4 is 0 Å². The van der Waals surface area contributed by atoms with Crippen molar-refractivity contribution in [1.82, 2.24) is 0 Å². The van der Waals surface area contributed by atoms with Gasteiger partial charge in [-0.1, -0.05) is 55.5 Å². The summed E-state index contributed by atoms with van der Waals surface area (Å²) in [5.41, 5.74) is 0. The molecule has 0 aliphatic heterocycles. The van der Waals surface area contributed by atoms with Gasteiger partial charge in [0.05, 0.1) is 6.61 Å². The maximum atomic E-state index is 5.94. The molecular weight excluding hydrogens is 291 g/mol. The number of allylic oxidation sites excluding steroid dienone is 1. The largest absolute Gasteiger partial charge is 0.413 e. The zero-order valence-corrected chi connectivity index (χ0v) is 12.5. The van der Waals surface area contributed by atoms with Crippen LogP contribution in [0.1, 0.15) is 20.8 Å². The lowest BCUT2D eigenvalue weighted by Crippen LogP contribution is -2.40. The molecule has 0 unspecified atom stereocenters. The SMILES string of the molecule is CC(C)(C)[Si](C)(C)OCC=CCI. The first-order chi connectivity index (χ1) is 5.81. The molecule has 0 aliphatic rings. The summed E-state index contributed by atoms with van der Waals surface area (Å²) < 4.78 is 7.01. The molecule has 0 atom stereocenters. The minimum atomic E-state index is -1.51. The molecule has 0 aromatic rings. The summed E-state index contributed by atoms with van der Waals surface area (Å²) in [5.74, 6) is 0. The monoisotopic (exact) mass is 312 g/mol. The number of hydrogen-bond acceptors (Lipinski definition) is 1. The van der Waals surface area contributed by atoms with Crippen molar-refractivity contribution in [3.63, 3.8) is 0 Å². The van der Waals surface area contributed by atoms with Crippen LogP contribution in [0.3, 0.4) is 0 Å². The molecule has 78 valence electrons. The molecule has 0 saturated carbocycles. The molecule has 0 aromatic heterocycles. The average Bonchev–Trinajstić information content (AvgIpc) is 1.96. The first-order valence-corrected chi connectivity index (χ1v) is 9.09. The van der Waals surface area contributed by atoms with Gasteiger partial charge in [0.1, 0.15) is 0 Å². The fourth-order valence-corrected chi connectivity index (χ4v) is 1.91. The van der Waals surface area contributed by atoms with Gasteiger partial charge in [-0.05, 0) is 18.1 Å². The van der Waals surface area contributed by atoms with Crippen molar-refractivity contribution in [1.29, 1.82) is 0 Å². The quantitative estimate of drug-likeness (QED) is 0.330. The van der Waals surface area contributed by atoms with Gasteiger partial charge in [-0.25, -0.2) is 0 Å². The Balaban J connectivity index is 3.97. The molecule has 0 heterocycles. The van der Waals surface area contributed by atoms with Crippen LogP contribution in [0.15, 0.2) is 12.2 Å². The average molecular weight is 312 g/mol. The highest BCUT2D eigenvalue weighted by Gasteiger charge is 2.36. The highest BCUT2D eigenvalue weighted by atomic mass is 127. The number of alkyl halides is 1. The highest BCUT2D eigenvalue weighted by Crippen LogP contribution is 2.36. The second-order valence-electron chi connectivity index (χ2n) is 4.70. The van der Waals surface area contributed by atoms with E-state index in [-0.39, 0.29) is 0 Å². The molecule has 0 rings (SSSR count).